The lowest BCUT2D eigenvalue weighted by atomic mass is 10.1. The smallest absolute Gasteiger partial charge is 0.0599 e. The molecule has 1 aliphatic heterocycles. The maximum Gasteiger partial charge on any atom is 0.0599 e. The molecule has 1 aliphatic rings. The molecule has 0 aromatic rings. The second-order valence-electron chi connectivity index (χ2n) is 4.24. The topological polar surface area (TPSA) is 12.5 Å². The monoisotopic (exact) mass is 217 g/mol. The van der Waals surface area contributed by atoms with Crippen LogP contribution in [0.4, 0.5) is 0 Å². The number of hydrogen-bond donors (Lipinski definition) is 1. The Balaban J connectivity index is 2.15. The van der Waals surface area contributed by atoms with Gasteiger partial charge < -0.3 is 9.64 Å². The van der Waals surface area contributed by atoms with Gasteiger partial charge >= 0.3 is 0 Å². The predicted octanol–water partition coefficient (Wildman–Crippen LogP) is 2.05. The van der Waals surface area contributed by atoms with Crippen molar-refractivity contribution >= 4 is 12.6 Å². The Bertz CT molecular complexity index is 146. The fourth-order valence-corrected chi connectivity index (χ4v) is 2.11. The second kappa shape index (κ2) is 6.70. The lowest BCUT2D eigenvalue weighted by Gasteiger charge is -2.33. The lowest BCUT2D eigenvalue weighted by molar-refractivity contribution is 0.0121. The first-order valence-corrected chi connectivity index (χ1v) is 6.34. The number of ether oxygens (including phenoxy) is 1. The first-order valence-electron chi connectivity index (χ1n) is 5.71. The molecule has 0 amide bonds. The van der Waals surface area contributed by atoms with E-state index in [1.165, 1.54) is 32.5 Å². The first-order chi connectivity index (χ1) is 6.76. The van der Waals surface area contributed by atoms with E-state index in [9.17, 15) is 0 Å². The highest BCUT2D eigenvalue weighted by Crippen LogP contribution is 2.15. The molecule has 2 nitrogen and oxygen atoms in total. The number of likely N-dealkylation sites (tertiary alicyclic amines) is 1. The van der Waals surface area contributed by atoms with E-state index in [1.807, 2.05) is 0 Å². The standard InChI is InChI=1S/C11H23NOS/c1-3-13-11-4-6-12(7-5-11)8-10(2)9-14/h10-11,14H,3-9H2,1-2H3. The Morgan fingerprint density at radius 1 is 1.43 bits per heavy atom. The van der Waals surface area contributed by atoms with Crippen LogP contribution in [0.3, 0.4) is 0 Å². The lowest BCUT2D eigenvalue weighted by Crippen LogP contribution is -2.39. The summed E-state index contributed by atoms with van der Waals surface area (Å²) in [5.41, 5.74) is 0. The van der Waals surface area contributed by atoms with Gasteiger partial charge in [-0.05, 0) is 31.4 Å². The Morgan fingerprint density at radius 2 is 2.07 bits per heavy atom. The van der Waals surface area contributed by atoms with Crippen molar-refractivity contribution in [3.05, 3.63) is 0 Å². The van der Waals surface area contributed by atoms with Gasteiger partial charge in [-0.3, -0.25) is 0 Å². The third-order valence-electron chi connectivity index (χ3n) is 2.82. The maximum absolute atomic E-state index is 5.62. The molecule has 1 heterocycles. The molecular weight excluding hydrogens is 194 g/mol. The van der Waals surface area contributed by atoms with E-state index in [2.05, 4.69) is 31.4 Å². The summed E-state index contributed by atoms with van der Waals surface area (Å²) in [6.45, 7) is 8.79. The van der Waals surface area contributed by atoms with Gasteiger partial charge in [-0.1, -0.05) is 6.92 Å². The van der Waals surface area contributed by atoms with Crippen molar-refractivity contribution in [1.82, 2.24) is 4.90 Å². The van der Waals surface area contributed by atoms with Crippen molar-refractivity contribution in [1.29, 1.82) is 0 Å². The van der Waals surface area contributed by atoms with Crippen molar-refractivity contribution in [3.63, 3.8) is 0 Å². The van der Waals surface area contributed by atoms with E-state index in [1.54, 1.807) is 0 Å². The highest BCUT2D eigenvalue weighted by molar-refractivity contribution is 7.80. The van der Waals surface area contributed by atoms with Crippen molar-refractivity contribution in [2.45, 2.75) is 32.8 Å². The van der Waals surface area contributed by atoms with Crippen LogP contribution in [0.25, 0.3) is 0 Å². The molecule has 3 heteroatoms. The molecule has 0 spiro atoms. The molecule has 0 aliphatic carbocycles. The maximum atomic E-state index is 5.62. The molecule has 1 fully saturated rings. The number of nitrogens with zero attached hydrogens (tertiary/aromatic N) is 1. The largest absolute Gasteiger partial charge is 0.378 e. The molecule has 1 rings (SSSR count). The Labute approximate surface area is 93.4 Å². The van der Waals surface area contributed by atoms with Crippen molar-refractivity contribution < 1.29 is 4.74 Å². The van der Waals surface area contributed by atoms with Crippen LogP contribution in [-0.2, 0) is 4.74 Å². The van der Waals surface area contributed by atoms with Crippen LogP contribution in [0.1, 0.15) is 26.7 Å². The van der Waals surface area contributed by atoms with Crippen LogP contribution in [-0.4, -0.2) is 43.0 Å². The minimum Gasteiger partial charge on any atom is -0.378 e. The predicted molar refractivity (Wildman–Crippen MR) is 64.1 cm³/mol. The molecule has 0 aromatic carbocycles. The van der Waals surface area contributed by atoms with Crippen LogP contribution in [0.2, 0.25) is 0 Å². The highest BCUT2D eigenvalue weighted by atomic mass is 32.1. The molecule has 1 atom stereocenters. The van der Waals surface area contributed by atoms with E-state index >= 15 is 0 Å². The number of thiol groups is 1. The molecule has 14 heavy (non-hydrogen) atoms. The van der Waals surface area contributed by atoms with Gasteiger partial charge in [0.15, 0.2) is 0 Å². The Kier molecular flexibility index (Phi) is 5.90. The summed E-state index contributed by atoms with van der Waals surface area (Å²) >= 11 is 4.31. The van der Waals surface area contributed by atoms with Crippen LogP contribution in [0.5, 0.6) is 0 Å². The van der Waals surface area contributed by atoms with Crippen molar-refractivity contribution in [2.75, 3.05) is 32.0 Å². The van der Waals surface area contributed by atoms with Gasteiger partial charge in [-0.2, -0.15) is 12.6 Å². The Morgan fingerprint density at radius 3 is 2.57 bits per heavy atom. The van der Waals surface area contributed by atoms with Crippen molar-refractivity contribution in [2.24, 2.45) is 5.92 Å². The van der Waals surface area contributed by atoms with Crippen LogP contribution < -0.4 is 0 Å². The first kappa shape index (κ1) is 12.3. The number of rotatable bonds is 5. The summed E-state index contributed by atoms with van der Waals surface area (Å²) in [5, 5.41) is 0. The van der Waals surface area contributed by atoms with E-state index in [-0.39, 0.29) is 0 Å². The fourth-order valence-electron chi connectivity index (χ4n) is 1.99. The molecule has 0 bridgehead atoms. The molecule has 1 unspecified atom stereocenters. The number of piperidine rings is 1. The van der Waals surface area contributed by atoms with Gasteiger partial charge in [-0.15, -0.1) is 0 Å². The summed E-state index contributed by atoms with van der Waals surface area (Å²) in [7, 11) is 0. The molecule has 84 valence electrons. The van der Waals surface area contributed by atoms with Gasteiger partial charge in [0.2, 0.25) is 0 Å². The molecule has 0 saturated carbocycles. The van der Waals surface area contributed by atoms with Gasteiger partial charge in [0.1, 0.15) is 0 Å². The number of hydrogen-bond acceptors (Lipinski definition) is 3. The van der Waals surface area contributed by atoms with Crippen molar-refractivity contribution in [3.8, 4) is 0 Å². The zero-order valence-corrected chi connectivity index (χ0v) is 10.3. The molecule has 0 aromatic heterocycles. The summed E-state index contributed by atoms with van der Waals surface area (Å²) in [6, 6.07) is 0. The Hall–Kier alpha value is 0.270. The van der Waals surface area contributed by atoms with Gasteiger partial charge in [0.05, 0.1) is 6.10 Å². The zero-order chi connectivity index (χ0) is 10.4. The molecular formula is C11H23NOS. The average Bonchev–Trinajstić information content (AvgIpc) is 2.21. The van der Waals surface area contributed by atoms with E-state index in [4.69, 9.17) is 4.74 Å². The third-order valence-corrected chi connectivity index (χ3v) is 3.44. The van der Waals surface area contributed by atoms with E-state index < -0.39 is 0 Å². The van der Waals surface area contributed by atoms with Gasteiger partial charge in [0.25, 0.3) is 0 Å². The zero-order valence-electron chi connectivity index (χ0n) is 9.41. The van der Waals surface area contributed by atoms with Gasteiger partial charge in [-0.25, -0.2) is 0 Å². The highest BCUT2D eigenvalue weighted by Gasteiger charge is 2.19. The fraction of sp³-hybridized carbons (Fsp3) is 1.00. The summed E-state index contributed by atoms with van der Waals surface area (Å²) in [6.07, 6.45) is 2.92. The SMILES string of the molecule is CCOC1CCN(CC(C)CS)CC1. The molecule has 1 saturated heterocycles. The summed E-state index contributed by atoms with van der Waals surface area (Å²) in [5.74, 6) is 1.70. The van der Waals surface area contributed by atoms with Gasteiger partial charge in [0, 0.05) is 26.2 Å². The van der Waals surface area contributed by atoms with Crippen LogP contribution in [0.15, 0.2) is 0 Å². The van der Waals surface area contributed by atoms with E-state index in [0.717, 1.165) is 12.4 Å². The minimum absolute atomic E-state index is 0.516. The summed E-state index contributed by atoms with van der Waals surface area (Å²) in [4.78, 5) is 2.54. The average molecular weight is 217 g/mol. The third kappa shape index (κ3) is 4.20. The minimum atomic E-state index is 0.516. The summed E-state index contributed by atoms with van der Waals surface area (Å²) < 4.78 is 5.62. The molecule has 0 radical (unpaired) electrons. The van der Waals surface area contributed by atoms with Crippen LogP contribution >= 0.6 is 12.6 Å². The normalized spacial score (nSPS) is 22.5. The quantitative estimate of drug-likeness (QED) is 0.708. The second-order valence-corrected chi connectivity index (χ2v) is 4.61. The van der Waals surface area contributed by atoms with Crippen LogP contribution in [0, 0.1) is 5.92 Å². The van der Waals surface area contributed by atoms with E-state index in [0.29, 0.717) is 12.0 Å². The molecule has 0 N–H and O–H groups in total.